The van der Waals surface area contributed by atoms with Crippen LogP contribution in [0.5, 0.6) is 5.88 Å². The molecular formula is C15H20ClN3O3. The molecule has 1 saturated carbocycles. The number of hydrogen-bond acceptors (Lipinski definition) is 6. The van der Waals surface area contributed by atoms with Crippen molar-refractivity contribution in [3.63, 3.8) is 0 Å². The number of piperidine rings is 1. The molecule has 2 unspecified atom stereocenters. The zero-order chi connectivity index (χ0) is 15.2. The van der Waals surface area contributed by atoms with E-state index in [9.17, 15) is 0 Å². The summed E-state index contributed by atoms with van der Waals surface area (Å²) in [6.07, 6.45) is 3.29. The van der Waals surface area contributed by atoms with Gasteiger partial charge in [-0.1, -0.05) is 11.6 Å². The first-order valence-electron chi connectivity index (χ1n) is 7.79. The molecule has 3 heterocycles. The number of nitrogens with one attached hydrogen (secondary N) is 1. The van der Waals surface area contributed by atoms with Crippen LogP contribution >= 0.6 is 11.6 Å². The highest BCUT2D eigenvalue weighted by molar-refractivity contribution is 6.30. The second-order valence-corrected chi connectivity index (χ2v) is 6.73. The fourth-order valence-corrected chi connectivity index (χ4v) is 4.04. The molecule has 3 aliphatic rings. The Labute approximate surface area is 134 Å². The van der Waals surface area contributed by atoms with Gasteiger partial charge in [-0.05, 0) is 6.92 Å². The Morgan fingerprint density at radius 2 is 1.91 bits per heavy atom. The van der Waals surface area contributed by atoms with E-state index in [4.69, 9.17) is 25.8 Å². The third-order valence-electron chi connectivity index (χ3n) is 4.93. The van der Waals surface area contributed by atoms with Gasteiger partial charge in [0.1, 0.15) is 17.6 Å². The second kappa shape index (κ2) is 5.60. The highest BCUT2D eigenvalue weighted by Crippen LogP contribution is 2.44. The zero-order valence-corrected chi connectivity index (χ0v) is 13.3. The Morgan fingerprint density at radius 3 is 2.59 bits per heavy atom. The number of aromatic nitrogens is 2. The molecule has 1 aromatic rings. The molecule has 2 aliphatic heterocycles. The van der Waals surface area contributed by atoms with Crippen molar-refractivity contribution in [1.82, 2.24) is 15.3 Å². The van der Waals surface area contributed by atoms with Crippen LogP contribution in [0.3, 0.4) is 0 Å². The molecule has 2 atom stereocenters. The smallest absolute Gasteiger partial charge is 0.221 e. The Morgan fingerprint density at radius 1 is 1.23 bits per heavy atom. The Hall–Kier alpha value is -0.950. The summed E-state index contributed by atoms with van der Waals surface area (Å²) in [5.41, 5.74) is 0.795. The van der Waals surface area contributed by atoms with E-state index in [-0.39, 0.29) is 6.10 Å². The van der Waals surface area contributed by atoms with Gasteiger partial charge in [-0.2, -0.15) is 0 Å². The summed E-state index contributed by atoms with van der Waals surface area (Å²) in [5.74, 6) is 0.888. The first-order valence-corrected chi connectivity index (χ1v) is 8.17. The van der Waals surface area contributed by atoms with E-state index >= 15 is 0 Å². The molecule has 0 amide bonds. The van der Waals surface area contributed by atoms with E-state index in [0.29, 0.717) is 36.1 Å². The molecule has 1 aliphatic carbocycles. The van der Waals surface area contributed by atoms with Gasteiger partial charge in [-0.3, -0.25) is 0 Å². The maximum Gasteiger partial charge on any atom is 0.221 e. The Kier molecular flexibility index (Phi) is 3.72. The van der Waals surface area contributed by atoms with Crippen molar-refractivity contribution < 1.29 is 14.2 Å². The lowest BCUT2D eigenvalue weighted by molar-refractivity contribution is -0.219. The lowest BCUT2D eigenvalue weighted by atomic mass is 9.72. The van der Waals surface area contributed by atoms with Crippen LogP contribution in [0.25, 0.3) is 0 Å². The second-order valence-electron chi connectivity index (χ2n) is 6.37. The van der Waals surface area contributed by atoms with Crippen LogP contribution in [0.15, 0.2) is 6.33 Å². The number of fused-ring (bicyclic) bond motifs is 2. The minimum absolute atomic E-state index is 0.115. The fourth-order valence-electron chi connectivity index (χ4n) is 3.92. The predicted molar refractivity (Wildman–Crippen MR) is 79.9 cm³/mol. The van der Waals surface area contributed by atoms with Crippen molar-refractivity contribution in [2.75, 3.05) is 26.3 Å². The number of ether oxygens (including phenoxy) is 3. The molecule has 6 nitrogen and oxygen atoms in total. The van der Waals surface area contributed by atoms with Crippen LogP contribution in [0, 0.1) is 18.8 Å². The monoisotopic (exact) mass is 325 g/mol. The molecule has 2 bridgehead atoms. The standard InChI is InChI=1S/C15H20ClN3O3/c1-9-13(16)18-8-19-14(9)22-12-10-4-15(20-2-3-21-15)5-11(12)7-17-6-10/h8,10-12,17H,2-7H2,1H3. The summed E-state index contributed by atoms with van der Waals surface area (Å²) < 4.78 is 18.1. The molecule has 0 aromatic carbocycles. The van der Waals surface area contributed by atoms with Crippen LogP contribution < -0.4 is 10.1 Å². The largest absolute Gasteiger partial charge is 0.473 e. The molecular weight excluding hydrogens is 306 g/mol. The van der Waals surface area contributed by atoms with E-state index in [0.717, 1.165) is 31.5 Å². The molecule has 1 aromatic heterocycles. The van der Waals surface area contributed by atoms with E-state index in [1.54, 1.807) is 0 Å². The highest BCUT2D eigenvalue weighted by Gasteiger charge is 2.52. The molecule has 7 heteroatoms. The summed E-state index contributed by atoms with van der Waals surface area (Å²) in [5, 5.41) is 3.93. The number of halogens is 1. The predicted octanol–water partition coefficient (Wildman–Crippen LogP) is 1.56. The van der Waals surface area contributed by atoms with Crippen molar-refractivity contribution in [3.05, 3.63) is 17.0 Å². The number of nitrogens with zero attached hydrogens (tertiary/aromatic N) is 2. The lowest BCUT2D eigenvalue weighted by Gasteiger charge is -2.48. The van der Waals surface area contributed by atoms with Gasteiger partial charge in [0.25, 0.3) is 0 Å². The van der Waals surface area contributed by atoms with Crippen LogP contribution in [-0.4, -0.2) is 48.2 Å². The van der Waals surface area contributed by atoms with Crippen molar-refractivity contribution in [1.29, 1.82) is 0 Å². The average molecular weight is 326 g/mol. The number of hydrogen-bond donors (Lipinski definition) is 1. The van der Waals surface area contributed by atoms with Gasteiger partial charge >= 0.3 is 0 Å². The fraction of sp³-hybridized carbons (Fsp3) is 0.733. The maximum atomic E-state index is 6.25. The maximum absolute atomic E-state index is 6.25. The van der Waals surface area contributed by atoms with Crippen molar-refractivity contribution in [2.24, 2.45) is 11.8 Å². The summed E-state index contributed by atoms with van der Waals surface area (Å²) in [4.78, 5) is 8.23. The lowest BCUT2D eigenvalue weighted by Crippen LogP contribution is -2.59. The zero-order valence-electron chi connectivity index (χ0n) is 12.5. The van der Waals surface area contributed by atoms with E-state index in [2.05, 4.69) is 15.3 Å². The van der Waals surface area contributed by atoms with Crippen molar-refractivity contribution in [2.45, 2.75) is 31.7 Å². The highest BCUT2D eigenvalue weighted by atomic mass is 35.5. The molecule has 120 valence electrons. The normalized spacial score (nSPS) is 33.1. The summed E-state index contributed by atoms with van der Waals surface area (Å²) >= 11 is 6.07. The minimum atomic E-state index is -0.393. The molecule has 1 spiro atoms. The first kappa shape index (κ1) is 14.6. The van der Waals surface area contributed by atoms with Crippen LogP contribution in [0.4, 0.5) is 0 Å². The van der Waals surface area contributed by atoms with Crippen LogP contribution in [-0.2, 0) is 9.47 Å². The van der Waals surface area contributed by atoms with Crippen molar-refractivity contribution >= 4 is 11.6 Å². The summed E-state index contributed by atoms with van der Waals surface area (Å²) in [7, 11) is 0. The van der Waals surface area contributed by atoms with Gasteiger partial charge in [0.2, 0.25) is 5.88 Å². The summed E-state index contributed by atoms with van der Waals surface area (Å²) in [6, 6.07) is 0. The quantitative estimate of drug-likeness (QED) is 0.832. The Balaban J connectivity index is 1.56. The summed E-state index contributed by atoms with van der Waals surface area (Å²) in [6.45, 7) is 5.10. The molecule has 3 fully saturated rings. The minimum Gasteiger partial charge on any atom is -0.473 e. The van der Waals surface area contributed by atoms with E-state index in [1.165, 1.54) is 6.33 Å². The SMILES string of the molecule is Cc1c(Cl)ncnc1OC1C2CNCC1CC1(C2)OCCO1. The van der Waals surface area contributed by atoms with Gasteiger partial charge in [0.05, 0.1) is 13.2 Å². The Bertz CT molecular complexity index is 549. The molecule has 4 rings (SSSR count). The average Bonchev–Trinajstić information content (AvgIpc) is 2.93. The third kappa shape index (κ3) is 2.48. The van der Waals surface area contributed by atoms with E-state index < -0.39 is 5.79 Å². The molecule has 2 saturated heterocycles. The van der Waals surface area contributed by atoms with Crippen LogP contribution in [0.1, 0.15) is 18.4 Å². The first-order chi connectivity index (χ1) is 10.7. The topological polar surface area (TPSA) is 65.5 Å². The van der Waals surface area contributed by atoms with E-state index in [1.807, 2.05) is 6.92 Å². The van der Waals surface area contributed by atoms with Crippen LogP contribution in [0.2, 0.25) is 5.15 Å². The molecule has 0 radical (unpaired) electrons. The van der Waals surface area contributed by atoms with Gasteiger partial charge < -0.3 is 19.5 Å². The van der Waals surface area contributed by atoms with Gasteiger partial charge in [-0.25, -0.2) is 9.97 Å². The third-order valence-corrected chi connectivity index (χ3v) is 5.31. The van der Waals surface area contributed by atoms with Gasteiger partial charge in [0, 0.05) is 43.3 Å². The van der Waals surface area contributed by atoms with Crippen molar-refractivity contribution in [3.8, 4) is 5.88 Å². The molecule has 1 N–H and O–H groups in total. The van der Waals surface area contributed by atoms with Gasteiger partial charge in [-0.15, -0.1) is 0 Å². The molecule has 22 heavy (non-hydrogen) atoms. The van der Waals surface area contributed by atoms with Gasteiger partial charge in [0.15, 0.2) is 5.79 Å². The number of rotatable bonds is 2.